The van der Waals surface area contributed by atoms with Gasteiger partial charge in [-0.2, -0.15) is 0 Å². The molecule has 1 aliphatic rings. The van der Waals surface area contributed by atoms with E-state index in [1.54, 1.807) is 13.3 Å². The van der Waals surface area contributed by atoms with Crippen LogP contribution in [-0.2, 0) is 5.54 Å². The average molecular weight is 178 g/mol. The van der Waals surface area contributed by atoms with Gasteiger partial charge in [-0.3, -0.25) is 0 Å². The Hall–Kier alpha value is -1.09. The van der Waals surface area contributed by atoms with Gasteiger partial charge in [0.1, 0.15) is 0 Å². The fourth-order valence-corrected chi connectivity index (χ4v) is 1.63. The van der Waals surface area contributed by atoms with E-state index in [1.165, 1.54) is 18.4 Å². The molecule has 1 aromatic heterocycles. The summed E-state index contributed by atoms with van der Waals surface area (Å²) in [6.45, 7) is 0. The quantitative estimate of drug-likeness (QED) is 0.757. The number of ether oxygens (including phenoxy) is 1. The van der Waals surface area contributed by atoms with E-state index in [2.05, 4.69) is 10.3 Å². The van der Waals surface area contributed by atoms with Gasteiger partial charge < -0.3 is 10.1 Å². The average Bonchev–Trinajstić information content (AvgIpc) is 2.99. The first-order valence-corrected chi connectivity index (χ1v) is 4.50. The van der Waals surface area contributed by atoms with E-state index in [-0.39, 0.29) is 5.54 Å². The molecular weight excluding hydrogens is 164 g/mol. The molecule has 0 atom stereocenters. The zero-order chi connectivity index (χ0) is 9.31. The number of pyridine rings is 1. The molecule has 0 aliphatic heterocycles. The Kier molecular flexibility index (Phi) is 1.96. The maximum Gasteiger partial charge on any atom is 0.213 e. The Morgan fingerprint density at radius 1 is 1.54 bits per heavy atom. The summed E-state index contributed by atoms with van der Waals surface area (Å²) in [5, 5.41) is 3.34. The van der Waals surface area contributed by atoms with E-state index in [4.69, 9.17) is 4.74 Å². The first-order valence-electron chi connectivity index (χ1n) is 4.50. The third kappa shape index (κ3) is 1.40. The molecule has 13 heavy (non-hydrogen) atoms. The van der Waals surface area contributed by atoms with Crippen molar-refractivity contribution < 1.29 is 4.74 Å². The van der Waals surface area contributed by atoms with Crippen molar-refractivity contribution in [3.05, 3.63) is 23.9 Å². The molecule has 2 rings (SSSR count). The normalized spacial score (nSPS) is 18.3. The fourth-order valence-electron chi connectivity index (χ4n) is 1.63. The number of nitrogens with one attached hydrogen (secondary N) is 1. The van der Waals surface area contributed by atoms with Gasteiger partial charge in [0.25, 0.3) is 0 Å². The highest BCUT2D eigenvalue weighted by atomic mass is 16.5. The third-order valence-electron chi connectivity index (χ3n) is 2.73. The van der Waals surface area contributed by atoms with Crippen LogP contribution < -0.4 is 10.1 Å². The van der Waals surface area contributed by atoms with Crippen LogP contribution in [0.2, 0.25) is 0 Å². The van der Waals surface area contributed by atoms with Gasteiger partial charge in [0.05, 0.1) is 7.11 Å². The summed E-state index contributed by atoms with van der Waals surface area (Å²) in [5.41, 5.74) is 1.48. The third-order valence-corrected chi connectivity index (χ3v) is 2.73. The van der Waals surface area contributed by atoms with Crippen LogP contribution in [0.25, 0.3) is 0 Å². The monoisotopic (exact) mass is 178 g/mol. The second-order valence-corrected chi connectivity index (χ2v) is 3.42. The Morgan fingerprint density at radius 2 is 2.31 bits per heavy atom. The fraction of sp³-hybridized carbons (Fsp3) is 0.500. The molecule has 0 aromatic carbocycles. The second-order valence-electron chi connectivity index (χ2n) is 3.42. The molecule has 1 aliphatic carbocycles. The minimum atomic E-state index is 0.205. The molecule has 3 nitrogen and oxygen atoms in total. The SMILES string of the molecule is CNC1(c2ccnc(OC)c2)CC1. The van der Waals surface area contributed by atoms with E-state index in [0.29, 0.717) is 5.88 Å². The van der Waals surface area contributed by atoms with Crippen LogP contribution >= 0.6 is 0 Å². The molecule has 0 radical (unpaired) electrons. The molecule has 1 fully saturated rings. The Labute approximate surface area is 78.1 Å². The van der Waals surface area contributed by atoms with Crippen LogP contribution in [0.5, 0.6) is 5.88 Å². The van der Waals surface area contributed by atoms with Crippen LogP contribution in [0, 0.1) is 0 Å². The minimum absolute atomic E-state index is 0.205. The number of aromatic nitrogens is 1. The number of hydrogen-bond acceptors (Lipinski definition) is 3. The van der Waals surface area contributed by atoms with Crippen molar-refractivity contribution in [2.75, 3.05) is 14.2 Å². The standard InChI is InChI=1S/C10H14N2O/c1-11-10(4-5-10)8-3-6-12-9(7-8)13-2/h3,6-7,11H,4-5H2,1-2H3. The molecule has 1 aromatic rings. The van der Waals surface area contributed by atoms with Gasteiger partial charge in [0.2, 0.25) is 5.88 Å². The van der Waals surface area contributed by atoms with Crippen molar-refractivity contribution >= 4 is 0 Å². The second kappa shape index (κ2) is 3.00. The van der Waals surface area contributed by atoms with Gasteiger partial charge in [0, 0.05) is 17.8 Å². The molecule has 1 saturated carbocycles. The summed E-state index contributed by atoms with van der Waals surface area (Å²) in [5.74, 6) is 0.694. The molecule has 1 N–H and O–H groups in total. The van der Waals surface area contributed by atoms with Crippen molar-refractivity contribution in [3.63, 3.8) is 0 Å². The molecule has 0 saturated heterocycles. The predicted octanol–water partition coefficient (Wildman–Crippen LogP) is 1.30. The minimum Gasteiger partial charge on any atom is -0.481 e. The largest absolute Gasteiger partial charge is 0.481 e. The molecular formula is C10H14N2O. The highest BCUT2D eigenvalue weighted by Crippen LogP contribution is 2.45. The maximum atomic E-state index is 5.08. The van der Waals surface area contributed by atoms with E-state index in [9.17, 15) is 0 Å². The molecule has 1 heterocycles. The lowest BCUT2D eigenvalue weighted by Gasteiger charge is -2.14. The topological polar surface area (TPSA) is 34.2 Å². The zero-order valence-corrected chi connectivity index (χ0v) is 8.00. The predicted molar refractivity (Wildman–Crippen MR) is 50.8 cm³/mol. The van der Waals surface area contributed by atoms with Crippen LogP contribution in [0.1, 0.15) is 18.4 Å². The zero-order valence-electron chi connectivity index (χ0n) is 8.00. The highest BCUT2D eigenvalue weighted by molar-refractivity contribution is 5.32. The van der Waals surface area contributed by atoms with Crippen molar-refractivity contribution in [1.82, 2.24) is 10.3 Å². The lowest BCUT2D eigenvalue weighted by molar-refractivity contribution is 0.396. The van der Waals surface area contributed by atoms with Crippen molar-refractivity contribution in [1.29, 1.82) is 0 Å². The van der Waals surface area contributed by atoms with Gasteiger partial charge in [-0.05, 0) is 31.5 Å². The van der Waals surface area contributed by atoms with Gasteiger partial charge in [0.15, 0.2) is 0 Å². The molecule has 0 bridgehead atoms. The number of hydrogen-bond donors (Lipinski definition) is 1. The van der Waals surface area contributed by atoms with Gasteiger partial charge in [-0.1, -0.05) is 0 Å². The van der Waals surface area contributed by atoms with Gasteiger partial charge in [-0.15, -0.1) is 0 Å². The van der Waals surface area contributed by atoms with E-state index in [0.717, 1.165) is 0 Å². The Bertz CT molecular complexity index is 308. The summed E-state index contributed by atoms with van der Waals surface area (Å²) >= 11 is 0. The van der Waals surface area contributed by atoms with Crippen LogP contribution in [0.4, 0.5) is 0 Å². The summed E-state index contributed by atoms with van der Waals surface area (Å²) in [6.07, 6.45) is 4.21. The molecule has 0 amide bonds. The van der Waals surface area contributed by atoms with Gasteiger partial charge in [-0.25, -0.2) is 4.98 Å². The van der Waals surface area contributed by atoms with E-state index in [1.807, 2.05) is 19.2 Å². The van der Waals surface area contributed by atoms with E-state index >= 15 is 0 Å². The maximum absolute atomic E-state index is 5.08. The van der Waals surface area contributed by atoms with Crippen LogP contribution in [-0.4, -0.2) is 19.1 Å². The highest BCUT2D eigenvalue weighted by Gasteiger charge is 2.42. The van der Waals surface area contributed by atoms with Gasteiger partial charge >= 0.3 is 0 Å². The summed E-state index contributed by atoms with van der Waals surface area (Å²) in [7, 11) is 3.64. The lowest BCUT2D eigenvalue weighted by atomic mass is 10.1. The molecule has 70 valence electrons. The van der Waals surface area contributed by atoms with Crippen molar-refractivity contribution in [3.8, 4) is 5.88 Å². The van der Waals surface area contributed by atoms with Crippen LogP contribution in [0.3, 0.4) is 0 Å². The first-order chi connectivity index (χ1) is 6.30. The van der Waals surface area contributed by atoms with Crippen molar-refractivity contribution in [2.45, 2.75) is 18.4 Å². The smallest absolute Gasteiger partial charge is 0.213 e. The van der Waals surface area contributed by atoms with Crippen LogP contribution in [0.15, 0.2) is 18.3 Å². The Morgan fingerprint density at radius 3 is 2.85 bits per heavy atom. The summed E-state index contributed by atoms with van der Waals surface area (Å²) in [6, 6.07) is 4.05. The first kappa shape index (κ1) is 8.51. The van der Waals surface area contributed by atoms with Crippen molar-refractivity contribution in [2.24, 2.45) is 0 Å². The number of rotatable bonds is 3. The lowest BCUT2D eigenvalue weighted by Crippen LogP contribution is -2.24. The summed E-state index contributed by atoms with van der Waals surface area (Å²) in [4.78, 5) is 4.08. The van der Waals surface area contributed by atoms with E-state index < -0.39 is 0 Å². The number of methoxy groups -OCH3 is 1. The summed E-state index contributed by atoms with van der Waals surface area (Å²) < 4.78 is 5.08. The number of nitrogens with zero attached hydrogens (tertiary/aromatic N) is 1. The Balaban J connectivity index is 2.30. The molecule has 0 unspecified atom stereocenters. The molecule has 0 spiro atoms. The molecule has 3 heteroatoms.